The molecule has 1 aliphatic heterocycles. The van der Waals surface area contributed by atoms with Crippen LogP contribution in [-0.4, -0.2) is 27.4 Å². The zero-order valence-corrected chi connectivity index (χ0v) is 29.9. The molecule has 1 aromatic heterocycles. The first-order chi connectivity index (χ1) is 21.5. The molecule has 240 valence electrons. The minimum atomic E-state index is -0.375. The molecule has 6 rings (SSSR count). The molecule has 0 spiro atoms. The maximum absolute atomic E-state index is 8.56. The van der Waals surface area contributed by atoms with E-state index in [0.29, 0.717) is 6.42 Å². The molecule has 5 nitrogen and oxygen atoms in total. The van der Waals surface area contributed by atoms with Gasteiger partial charge in [0.05, 0.1) is 12.2 Å². The van der Waals surface area contributed by atoms with Gasteiger partial charge >= 0.3 is 20.1 Å². The van der Waals surface area contributed by atoms with Crippen LogP contribution in [0, 0.1) is 25.7 Å². The maximum atomic E-state index is 8.56. The van der Waals surface area contributed by atoms with Crippen LogP contribution in [0.2, 0.25) is 0 Å². The third-order valence-electron chi connectivity index (χ3n) is 7.27. The number of para-hydroxylation sites is 1. The average Bonchev–Trinajstić information content (AvgIpc) is 3.51. The Morgan fingerprint density at radius 3 is 2.04 bits per heavy atom. The molecule has 0 amide bonds. The standard InChI is InChI=1S/C20H22N2.C15H10N.C5H12O2.Ir/c1-16-14-17(20(2,3)4)10-11-19(16)22-13-12-21(15-22)18-8-6-5-7-9-18;1-2-7-13(8-3-1)15-14-9-5-4-6-12(14)10-11-16-15;1-4(6)3-5(2)7;/h5-8,10-15H,1-4H3;1-7,9-11H;4-7H,3H2,1-2H3;/q-2;-1;;+3. The number of benzene rings is 4. The third-order valence-corrected chi connectivity index (χ3v) is 7.27. The second kappa shape index (κ2) is 17.2. The second-order valence-electron chi connectivity index (χ2n) is 12.3. The van der Waals surface area contributed by atoms with E-state index in [1.54, 1.807) is 13.8 Å². The fraction of sp³-hybridized carbons (Fsp3) is 0.250. The Morgan fingerprint density at radius 2 is 1.46 bits per heavy atom. The molecule has 2 heterocycles. The molecule has 0 saturated heterocycles. The summed E-state index contributed by atoms with van der Waals surface area (Å²) in [5, 5.41) is 19.5. The predicted octanol–water partition coefficient (Wildman–Crippen LogP) is 8.85. The van der Waals surface area contributed by atoms with Crippen molar-refractivity contribution in [2.24, 2.45) is 0 Å². The van der Waals surface area contributed by atoms with Crippen LogP contribution in [0.1, 0.15) is 52.2 Å². The molecule has 2 N–H and O–H groups in total. The molecule has 0 radical (unpaired) electrons. The number of aromatic nitrogens is 1. The molecule has 0 bridgehead atoms. The Bertz CT molecular complexity index is 1650. The average molecular weight is 791 g/mol. The van der Waals surface area contributed by atoms with Gasteiger partial charge in [0.25, 0.3) is 0 Å². The van der Waals surface area contributed by atoms with Crippen molar-refractivity contribution < 1.29 is 30.3 Å². The van der Waals surface area contributed by atoms with Gasteiger partial charge in [-0.3, -0.25) is 0 Å². The van der Waals surface area contributed by atoms with Gasteiger partial charge in [-0.2, -0.15) is 30.3 Å². The zero-order chi connectivity index (χ0) is 32.4. The summed E-state index contributed by atoms with van der Waals surface area (Å²) in [4.78, 5) is 8.68. The van der Waals surface area contributed by atoms with Gasteiger partial charge in [-0.1, -0.05) is 57.2 Å². The molecule has 1 aliphatic rings. The number of nitrogens with zero attached hydrogens (tertiary/aromatic N) is 3. The normalized spacial score (nSPS) is 13.6. The number of anilines is 2. The molecule has 2 atom stereocenters. The molecule has 0 aliphatic carbocycles. The Labute approximate surface area is 288 Å². The van der Waals surface area contributed by atoms with Gasteiger partial charge in [0.15, 0.2) is 0 Å². The molecule has 0 saturated carbocycles. The van der Waals surface area contributed by atoms with Gasteiger partial charge < -0.3 is 25.0 Å². The Hall–Kier alpha value is -3.80. The summed E-state index contributed by atoms with van der Waals surface area (Å²) in [5.74, 6) is 0. The number of aliphatic hydroxyl groups excluding tert-OH is 2. The number of pyridine rings is 1. The fourth-order valence-electron chi connectivity index (χ4n) is 4.96. The smallest absolute Gasteiger partial charge is 0.500 e. The van der Waals surface area contributed by atoms with Crippen molar-refractivity contribution in [3.8, 4) is 11.3 Å². The monoisotopic (exact) mass is 791 g/mol. The van der Waals surface area contributed by atoms with Gasteiger partial charge in [-0.05, 0) is 84.7 Å². The van der Waals surface area contributed by atoms with Crippen LogP contribution < -0.4 is 9.80 Å². The molecular weight excluding hydrogens is 747 g/mol. The summed E-state index contributed by atoms with van der Waals surface area (Å²) in [6.45, 7) is 14.3. The molecule has 2 unspecified atom stereocenters. The third kappa shape index (κ3) is 10.4. The molecule has 46 heavy (non-hydrogen) atoms. The minimum absolute atomic E-state index is 0. The Morgan fingerprint density at radius 1 is 0.804 bits per heavy atom. The van der Waals surface area contributed by atoms with Crippen molar-refractivity contribution >= 4 is 22.1 Å². The first-order valence-corrected chi connectivity index (χ1v) is 15.4. The maximum Gasteiger partial charge on any atom is 3.00 e. The van der Waals surface area contributed by atoms with Gasteiger partial charge in [-0.15, -0.1) is 48.3 Å². The van der Waals surface area contributed by atoms with Crippen molar-refractivity contribution in [3.05, 3.63) is 146 Å². The van der Waals surface area contributed by atoms with E-state index in [4.69, 9.17) is 10.2 Å². The quantitative estimate of drug-likeness (QED) is 0.174. The fourth-order valence-corrected chi connectivity index (χ4v) is 4.96. The second-order valence-corrected chi connectivity index (χ2v) is 12.3. The van der Waals surface area contributed by atoms with E-state index in [0.717, 1.165) is 16.9 Å². The van der Waals surface area contributed by atoms with Crippen LogP contribution >= 0.6 is 0 Å². The van der Waals surface area contributed by atoms with E-state index in [1.807, 2.05) is 66.9 Å². The number of hydrogen-bond donors (Lipinski definition) is 2. The summed E-state index contributed by atoms with van der Waals surface area (Å²) >= 11 is 0. The largest absolute Gasteiger partial charge is 3.00 e. The van der Waals surface area contributed by atoms with Crippen LogP contribution in [0.15, 0.2) is 116 Å². The van der Waals surface area contributed by atoms with Crippen molar-refractivity contribution in [3.63, 3.8) is 0 Å². The van der Waals surface area contributed by atoms with Crippen LogP contribution in [0.5, 0.6) is 0 Å². The Balaban J connectivity index is 0.000000210. The number of aryl methyl sites for hydroxylation is 1. The number of rotatable bonds is 5. The van der Waals surface area contributed by atoms with Crippen molar-refractivity contribution in [1.29, 1.82) is 0 Å². The number of fused-ring (bicyclic) bond motifs is 1. The van der Waals surface area contributed by atoms with Crippen molar-refractivity contribution in [2.45, 2.75) is 65.6 Å². The summed E-state index contributed by atoms with van der Waals surface area (Å²) < 4.78 is 0. The number of aliphatic hydroxyl groups is 2. The van der Waals surface area contributed by atoms with Crippen LogP contribution in [0.3, 0.4) is 0 Å². The van der Waals surface area contributed by atoms with Crippen molar-refractivity contribution in [1.82, 2.24) is 4.98 Å². The van der Waals surface area contributed by atoms with E-state index in [2.05, 4.69) is 110 Å². The molecule has 0 fully saturated rings. The van der Waals surface area contributed by atoms with E-state index in [1.165, 1.54) is 27.6 Å². The van der Waals surface area contributed by atoms with Crippen LogP contribution in [-0.2, 0) is 25.5 Å². The summed E-state index contributed by atoms with van der Waals surface area (Å²) in [6, 6.07) is 39.4. The van der Waals surface area contributed by atoms with Gasteiger partial charge in [-0.25, -0.2) is 0 Å². The topological polar surface area (TPSA) is 59.8 Å². The molecule has 6 heteroatoms. The van der Waals surface area contributed by atoms with Crippen LogP contribution in [0.4, 0.5) is 11.4 Å². The SMILES string of the molecule is CC(O)CC(C)O.Cc1cc(C(C)(C)C)ccc1N1C=CN(c2[c-]cccc2)[CH-]1.[Ir+3].[c-]1ccccc1-c1nccc2ccccc12. The van der Waals surface area contributed by atoms with E-state index in [9.17, 15) is 0 Å². The molecular formula is C40H44IrN3O2. The number of hydrogen-bond acceptors (Lipinski definition) is 5. The zero-order valence-electron chi connectivity index (χ0n) is 27.5. The van der Waals surface area contributed by atoms with Gasteiger partial charge in [0.2, 0.25) is 0 Å². The first-order valence-electron chi connectivity index (χ1n) is 15.4. The van der Waals surface area contributed by atoms with Crippen molar-refractivity contribution in [2.75, 3.05) is 9.80 Å². The molecule has 4 aromatic carbocycles. The summed E-state index contributed by atoms with van der Waals surface area (Å²) in [6.07, 6.45) is 5.71. The van der Waals surface area contributed by atoms with E-state index in [-0.39, 0.29) is 37.7 Å². The first kappa shape index (κ1) is 36.7. The van der Waals surface area contributed by atoms with E-state index >= 15 is 0 Å². The van der Waals surface area contributed by atoms with Gasteiger partial charge in [0.1, 0.15) is 0 Å². The Kier molecular flexibility index (Phi) is 13.7. The molecule has 5 aromatic rings. The predicted molar refractivity (Wildman–Crippen MR) is 188 cm³/mol. The van der Waals surface area contributed by atoms with Gasteiger partial charge in [0, 0.05) is 11.9 Å². The summed E-state index contributed by atoms with van der Waals surface area (Å²) in [7, 11) is 0. The van der Waals surface area contributed by atoms with E-state index < -0.39 is 0 Å². The summed E-state index contributed by atoms with van der Waals surface area (Å²) in [5.41, 5.74) is 7.13. The van der Waals surface area contributed by atoms with Crippen LogP contribution in [0.25, 0.3) is 22.0 Å². The minimum Gasteiger partial charge on any atom is -0.500 e.